The smallest absolute Gasteiger partial charge is 0.317 e. The van der Waals surface area contributed by atoms with Crippen molar-refractivity contribution in [1.82, 2.24) is 24.2 Å². The first-order valence-electron chi connectivity index (χ1n) is 18.7. The average Bonchev–Trinajstić information content (AvgIpc) is 3.81. The van der Waals surface area contributed by atoms with Gasteiger partial charge >= 0.3 is 11.7 Å². The minimum absolute atomic E-state index is 0.0422. The molecule has 0 unspecified atom stereocenters. The van der Waals surface area contributed by atoms with E-state index < -0.39 is 18.1 Å². The van der Waals surface area contributed by atoms with E-state index in [-0.39, 0.29) is 31.2 Å². The van der Waals surface area contributed by atoms with Crippen molar-refractivity contribution in [1.29, 1.82) is 10.8 Å². The molecule has 1 aliphatic rings. The molecular weight excluding hydrogens is 789 g/mol. The molecule has 0 aliphatic carbocycles. The summed E-state index contributed by atoms with van der Waals surface area (Å²) < 4.78 is 20.7. The van der Waals surface area contributed by atoms with Gasteiger partial charge in [-0.3, -0.25) is 40.0 Å². The van der Waals surface area contributed by atoms with Gasteiger partial charge in [0.15, 0.2) is 0 Å². The maximum Gasteiger partial charge on any atom is 0.317 e. The quantitative estimate of drug-likeness (QED) is 0.0690. The molecule has 14 nitrogen and oxygen atoms in total. The Morgan fingerprint density at radius 3 is 2.49 bits per heavy atom. The van der Waals surface area contributed by atoms with Gasteiger partial charge in [-0.05, 0) is 81.4 Å². The number of ether oxygens (including phenoxy) is 2. The molecule has 0 spiro atoms. The molecule has 2 aromatic carbocycles. The summed E-state index contributed by atoms with van der Waals surface area (Å²) in [6.45, 7) is 9.22. The number of aromatic nitrogens is 5. The number of hydrogen-bond donors (Lipinski definition) is 2. The van der Waals surface area contributed by atoms with Crippen molar-refractivity contribution in [2.75, 3.05) is 19.1 Å². The second kappa shape index (κ2) is 15.4. The first-order chi connectivity index (χ1) is 28.3. The van der Waals surface area contributed by atoms with E-state index in [1.807, 2.05) is 70.2 Å². The Bertz CT molecular complexity index is 2920. The summed E-state index contributed by atoms with van der Waals surface area (Å²) in [5, 5.41) is 24.1. The molecule has 1 aliphatic heterocycles. The van der Waals surface area contributed by atoms with Gasteiger partial charge in [-0.25, -0.2) is 4.79 Å². The number of esters is 1. The third kappa shape index (κ3) is 6.71. The largest absolute Gasteiger partial charge is 0.496 e. The van der Waals surface area contributed by atoms with Crippen LogP contribution >= 0.6 is 22.9 Å². The number of halogens is 1. The zero-order valence-corrected chi connectivity index (χ0v) is 35.0. The fourth-order valence-electron chi connectivity index (χ4n) is 7.83. The molecule has 6 heterocycles. The zero-order chi connectivity index (χ0) is 41.9. The number of nitrogens with zero attached hydrogens (tertiary/aromatic N) is 7. The van der Waals surface area contributed by atoms with E-state index in [9.17, 15) is 10.2 Å². The van der Waals surface area contributed by atoms with Gasteiger partial charge in [0.1, 0.15) is 34.2 Å². The Hall–Kier alpha value is -6.39. The molecule has 0 amide bonds. The highest BCUT2D eigenvalue weighted by molar-refractivity contribution is 7.25. The monoisotopic (exact) mass is 827 g/mol. The van der Waals surface area contributed by atoms with E-state index in [2.05, 4.69) is 10.1 Å². The zero-order valence-electron chi connectivity index (χ0n) is 33.4. The van der Waals surface area contributed by atoms with Gasteiger partial charge < -0.3 is 18.5 Å². The molecule has 0 bridgehead atoms. The first-order valence-corrected chi connectivity index (χ1v) is 19.9. The molecule has 7 aromatic rings. The van der Waals surface area contributed by atoms with E-state index in [1.165, 1.54) is 23.3 Å². The second-order valence-electron chi connectivity index (χ2n) is 14.3. The Kier molecular flexibility index (Phi) is 10.3. The van der Waals surface area contributed by atoms with Gasteiger partial charge in [0.05, 0.1) is 72.1 Å². The predicted molar refractivity (Wildman–Crippen MR) is 233 cm³/mol. The van der Waals surface area contributed by atoms with Crippen molar-refractivity contribution in [3.05, 3.63) is 116 Å². The molecule has 2 atom stereocenters. The molecule has 2 N–H and O–H groups in total. The number of nitrogens with one attached hydrogen (secondary N) is 2. The van der Waals surface area contributed by atoms with Crippen LogP contribution in [0.1, 0.15) is 60.1 Å². The van der Waals surface area contributed by atoms with Gasteiger partial charge in [-0.1, -0.05) is 35.0 Å². The lowest BCUT2D eigenvalue weighted by Crippen LogP contribution is -2.41. The number of carbonyl (C=O) groups is 1. The van der Waals surface area contributed by atoms with Crippen molar-refractivity contribution in [2.24, 2.45) is 4.99 Å². The van der Waals surface area contributed by atoms with Crippen LogP contribution in [-0.2, 0) is 9.53 Å². The average molecular weight is 828 g/mol. The molecule has 0 saturated carbocycles. The molecule has 0 fully saturated rings. The molecule has 0 radical (unpaired) electrons. The molecular formula is C42H39BClN9O5S. The highest BCUT2D eigenvalue weighted by Crippen LogP contribution is 2.40. The molecule has 17 heteroatoms. The lowest BCUT2D eigenvalue weighted by Gasteiger charge is -2.24. The van der Waals surface area contributed by atoms with Crippen LogP contribution in [0.3, 0.4) is 0 Å². The number of rotatable bonds is 9. The van der Waals surface area contributed by atoms with Gasteiger partial charge in [0, 0.05) is 33.3 Å². The van der Waals surface area contributed by atoms with Crippen LogP contribution in [0.15, 0.2) is 81.3 Å². The topological polar surface area (TPSA) is 178 Å². The standard InChI is InChI=1S/C42H39BClN9O5S/c1-20-35-37(25-11-13-26(44)14-12-25)49-31(18-34(54)57-7)40(46)52(24(5)45)41(35)59-39(20)43-53-32-19-48-30-16-28(36-21(2)50-58-23(36)4)33(56-6)17-27(30)38(32)51(42(53)55)22(3)29-10-8-9-15-47-29/h8-17,19,22,31,43,45-46H,18H2,1-7H3/t22-,31+/m1/s1. The number of carbonyl (C=O) groups excluding carboxylic acids is 1. The number of aliphatic imine (C=N–C) groups is 1. The normalized spacial score (nSPS) is 14.6. The summed E-state index contributed by atoms with van der Waals surface area (Å²) in [5.74, 6) is 0.719. The number of fused-ring (bicyclic) bond motifs is 4. The van der Waals surface area contributed by atoms with Crippen LogP contribution in [0.4, 0.5) is 5.00 Å². The maximum atomic E-state index is 15.0. The van der Waals surface area contributed by atoms with Crippen LogP contribution < -0.4 is 20.1 Å². The van der Waals surface area contributed by atoms with Crippen LogP contribution in [0, 0.1) is 31.6 Å². The number of anilines is 1. The number of methoxy groups -OCH3 is 2. The molecule has 8 rings (SSSR count). The van der Waals surface area contributed by atoms with E-state index in [1.54, 1.807) is 47.6 Å². The Morgan fingerprint density at radius 1 is 1.08 bits per heavy atom. The van der Waals surface area contributed by atoms with Crippen LogP contribution in [0.5, 0.6) is 5.75 Å². The summed E-state index contributed by atoms with van der Waals surface area (Å²) in [6, 6.07) is 15.3. The minimum Gasteiger partial charge on any atom is -0.496 e. The van der Waals surface area contributed by atoms with Gasteiger partial charge in [-0.2, -0.15) is 0 Å². The summed E-state index contributed by atoms with van der Waals surface area (Å²) in [6.07, 6.45) is 3.24. The SMILES string of the molecule is COC(=O)C[C@@H]1N=C(c2ccc(Cl)cc2)c2c(sc(Bn3c(=O)n([C@H](C)c4ccccn4)c4c5cc(OC)c(-c6c(C)noc6C)cc5ncc43)c2C)N(C(C)=N)C1=N. The van der Waals surface area contributed by atoms with Crippen LogP contribution in [0.25, 0.3) is 33.1 Å². The number of amidine groups is 2. The summed E-state index contributed by atoms with van der Waals surface area (Å²) in [4.78, 5) is 43.7. The first kappa shape index (κ1) is 39.4. The fraction of sp³-hybridized carbons (Fsp3) is 0.238. The van der Waals surface area contributed by atoms with Crippen LogP contribution in [0.2, 0.25) is 5.02 Å². The van der Waals surface area contributed by atoms with E-state index in [4.69, 9.17) is 41.0 Å². The Morgan fingerprint density at radius 2 is 1.85 bits per heavy atom. The lowest BCUT2D eigenvalue weighted by molar-refractivity contribution is -0.140. The van der Waals surface area contributed by atoms with Crippen molar-refractivity contribution in [3.63, 3.8) is 0 Å². The van der Waals surface area contributed by atoms with Crippen molar-refractivity contribution in [2.45, 2.75) is 53.1 Å². The van der Waals surface area contributed by atoms with Crippen LogP contribution in [-0.4, -0.2) is 75.2 Å². The summed E-state index contributed by atoms with van der Waals surface area (Å²) in [5.41, 5.74) is 7.38. The highest BCUT2D eigenvalue weighted by Gasteiger charge is 2.36. The van der Waals surface area contributed by atoms with Crippen molar-refractivity contribution >= 4 is 85.4 Å². The van der Waals surface area contributed by atoms with Crippen molar-refractivity contribution < 1.29 is 18.8 Å². The number of thiophene rings is 1. The number of pyridine rings is 2. The van der Waals surface area contributed by atoms with E-state index in [0.717, 1.165) is 21.5 Å². The fourth-order valence-corrected chi connectivity index (χ4v) is 9.32. The predicted octanol–water partition coefficient (Wildman–Crippen LogP) is 6.75. The highest BCUT2D eigenvalue weighted by atomic mass is 35.5. The molecule has 59 heavy (non-hydrogen) atoms. The van der Waals surface area contributed by atoms with Gasteiger partial charge in [-0.15, -0.1) is 11.3 Å². The van der Waals surface area contributed by atoms with Gasteiger partial charge in [0.25, 0.3) is 7.41 Å². The third-order valence-corrected chi connectivity index (χ3v) is 12.3. The second-order valence-corrected chi connectivity index (χ2v) is 15.9. The number of hydrogen-bond acceptors (Lipinski definition) is 12. The Balaban J connectivity index is 1.36. The third-order valence-electron chi connectivity index (χ3n) is 10.8. The van der Waals surface area contributed by atoms with Crippen molar-refractivity contribution in [3.8, 4) is 16.9 Å². The lowest BCUT2D eigenvalue weighted by atomic mass is 9.85. The molecule has 5 aromatic heterocycles. The molecule has 0 saturated heterocycles. The van der Waals surface area contributed by atoms with E-state index >= 15 is 4.79 Å². The number of benzene rings is 2. The van der Waals surface area contributed by atoms with Gasteiger partial charge in [0.2, 0.25) is 0 Å². The maximum absolute atomic E-state index is 15.0. The van der Waals surface area contributed by atoms with E-state index in [0.29, 0.717) is 71.7 Å². The number of aryl methyl sites for hydroxylation is 2. The molecule has 298 valence electrons. The summed E-state index contributed by atoms with van der Waals surface area (Å²) in [7, 11) is 3.04. The summed E-state index contributed by atoms with van der Waals surface area (Å²) >= 11 is 7.68. The minimum atomic E-state index is -0.931. The Labute approximate surface area is 348 Å². The number of imidazole rings is 1.